The Balaban J connectivity index is 2.35. The standard InChI is InChI=1S/C12H10N2/c1-10(11-5-3-2-4-6-11)12-9-13-7-8-14-12/h2-9H,1H2. The highest BCUT2D eigenvalue weighted by Gasteiger charge is 2.01. The highest BCUT2D eigenvalue weighted by Crippen LogP contribution is 2.17. The number of nitrogens with zero attached hydrogens (tertiary/aromatic N) is 2. The van der Waals surface area contributed by atoms with E-state index in [2.05, 4.69) is 16.5 Å². The molecule has 0 saturated heterocycles. The van der Waals surface area contributed by atoms with Crippen LogP contribution in [0.2, 0.25) is 0 Å². The van der Waals surface area contributed by atoms with Crippen molar-refractivity contribution in [1.29, 1.82) is 0 Å². The van der Waals surface area contributed by atoms with Crippen LogP contribution in [0.5, 0.6) is 0 Å². The normalized spacial score (nSPS) is 9.71. The first-order chi connectivity index (χ1) is 6.88. The maximum absolute atomic E-state index is 4.19. The van der Waals surface area contributed by atoms with Gasteiger partial charge in [0.1, 0.15) is 0 Å². The molecule has 0 unspecified atom stereocenters. The Morgan fingerprint density at radius 2 is 1.86 bits per heavy atom. The fraction of sp³-hybridized carbons (Fsp3) is 0. The molecule has 2 nitrogen and oxygen atoms in total. The van der Waals surface area contributed by atoms with E-state index in [0.717, 1.165) is 16.8 Å². The first kappa shape index (κ1) is 8.63. The highest BCUT2D eigenvalue weighted by molar-refractivity contribution is 5.75. The Kier molecular flexibility index (Phi) is 2.36. The third-order valence-corrected chi connectivity index (χ3v) is 1.99. The number of hydrogen-bond donors (Lipinski definition) is 0. The van der Waals surface area contributed by atoms with Crippen molar-refractivity contribution in [3.8, 4) is 0 Å². The van der Waals surface area contributed by atoms with Crippen LogP contribution in [-0.4, -0.2) is 9.97 Å². The molecule has 2 aromatic rings. The fourth-order valence-electron chi connectivity index (χ4n) is 1.24. The van der Waals surface area contributed by atoms with Crippen molar-refractivity contribution in [2.75, 3.05) is 0 Å². The van der Waals surface area contributed by atoms with Crippen LogP contribution >= 0.6 is 0 Å². The quantitative estimate of drug-likeness (QED) is 0.713. The van der Waals surface area contributed by atoms with Crippen LogP contribution in [0.4, 0.5) is 0 Å². The average Bonchev–Trinajstić information content (AvgIpc) is 2.30. The van der Waals surface area contributed by atoms with Crippen LogP contribution in [0.25, 0.3) is 5.57 Å². The average molecular weight is 182 g/mol. The Bertz CT molecular complexity index is 379. The molecule has 0 radical (unpaired) electrons. The summed E-state index contributed by atoms with van der Waals surface area (Å²) in [7, 11) is 0. The van der Waals surface area contributed by atoms with Gasteiger partial charge in [0.2, 0.25) is 0 Å². The minimum absolute atomic E-state index is 0.818. The van der Waals surface area contributed by atoms with E-state index in [1.54, 1.807) is 18.6 Å². The molecule has 0 amide bonds. The topological polar surface area (TPSA) is 25.8 Å². The predicted octanol–water partition coefficient (Wildman–Crippen LogP) is 2.54. The summed E-state index contributed by atoms with van der Waals surface area (Å²) in [6.45, 7) is 3.99. The van der Waals surface area contributed by atoms with Gasteiger partial charge in [-0.25, -0.2) is 0 Å². The molecule has 0 aliphatic heterocycles. The molecule has 0 saturated carbocycles. The van der Waals surface area contributed by atoms with Crippen LogP contribution in [-0.2, 0) is 0 Å². The van der Waals surface area contributed by atoms with Gasteiger partial charge in [0.25, 0.3) is 0 Å². The van der Waals surface area contributed by atoms with E-state index >= 15 is 0 Å². The lowest BCUT2D eigenvalue weighted by atomic mass is 10.1. The van der Waals surface area contributed by atoms with E-state index in [1.165, 1.54) is 0 Å². The first-order valence-electron chi connectivity index (χ1n) is 4.38. The second-order valence-electron chi connectivity index (χ2n) is 2.94. The lowest BCUT2D eigenvalue weighted by Gasteiger charge is -2.03. The van der Waals surface area contributed by atoms with E-state index < -0.39 is 0 Å². The van der Waals surface area contributed by atoms with E-state index in [-0.39, 0.29) is 0 Å². The largest absolute Gasteiger partial charge is 0.261 e. The van der Waals surface area contributed by atoms with Crippen molar-refractivity contribution in [3.05, 3.63) is 66.8 Å². The van der Waals surface area contributed by atoms with Crippen molar-refractivity contribution in [2.45, 2.75) is 0 Å². The van der Waals surface area contributed by atoms with Gasteiger partial charge in [-0.15, -0.1) is 0 Å². The number of aromatic nitrogens is 2. The van der Waals surface area contributed by atoms with Gasteiger partial charge in [0.05, 0.1) is 11.9 Å². The van der Waals surface area contributed by atoms with Crippen LogP contribution in [0, 0.1) is 0 Å². The Morgan fingerprint density at radius 1 is 1.07 bits per heavy atom. The summed E-state index contributed by atoms with van der Waals surface area (Å²) in [5, 5.41) is 0. The Morgan fingerprint density at radius 3 is 2.50 bits per heavy atom. The number of rotatable bonds is 2. The van der Waals surface area contributed by atoms with Gasteiger partial charge in [0.15, 0.2) is 0 Å². The molecule has 2 rings (SSSR count). The van der Waals surface area contributed by atoms with Crippen LogP contribution in [0.1, 0.15) is 11.3 Å². The van der Waals surface area contributed by atoms with E-state index in [4.69, 9.17) is 0 Å². The lowest BCUT2D eigenvalue weighted by Crippen LogP contribution is -1.90. The van der Waals surface area contributed by atoms with Gasteiger partial charge in [-0.3, -0.25) is 9.97 Å². The van der Waals surface area contributed by atoms with Crippen molar-refractivity contribution in [2.24, 2.45) is 0 Å². The lowest BCUT2D eigenvalue weighted by molar-refractivity contribution is 1.17. The summed E-state index contributed by atoms with van der Waals surface area (Å²) in [6.07, 6.45) is 5.04. The van der Waals surface area contributed by atoms with Crippen LogP contribution < -0.4 is 0 Å². The predicted molar refractivity (Wildman–Crippen MR) is 56.6 cm³/mol. The highest BCUT2D eigenvalue weighted by atomic mass is 14.8. The fourth-order valence-corrected chi connectivity index (χ4v) is 1.24. The van der Waals surface area contributed by atoms with Gasteiger partial charge in [-0.1, -0.05) is 36.9 Å². The third-order valence-electron chi connectivity index (χ3n) is 1.99. The van der Waals surface area contributed by atoms with E-state index in [1.807, 2.05) is 30.3 Å². The minimum atomic E-state index is 0.818. The third kappa shape index (κ3) is 1.69. The summed E-state index contributed by atoms with van der Waals surface area (Å²) in [4.78, 5) is 8.20. The number of benzene rings is 1. The van der Waals surface area contributed by atoms with Crippen molar-refractivity contribution in [1.82, 2.24) is 9.97 Å². The molecule has 0 fully saturated rings. The molecular formula is C12H10N2. The Labute approximate surface area is 83.0 Å². The summed E-state index contributed by atoms with van der Waals surface area (Å²) >= 11 is 0. The summed E-state index contributed by atoms with van der Waals surface area (Å²) in [5.41, 5.74) is 2.80. The smallest absolute Gasteiger partial charge is 0.0885 e. The summed E-state index contributed by atoms with van der Waals surface area (Å²) in [5.74, 6) is 0. The summed E-state index contributed by atoms with van der Waals surface area (Å²) in [6, 6.07) is 9.97. The molecule has 0 spiro atoms. The van der Waals surface area contributed by atoms with Crippen molar-refractivity contribution in [3.63, 3.8) is 0 Å². The first-order valence-corrected chi connectivity index (χ1v) is 4.38. The van der Waals surface area contributed by atoms with Crippen LogP contribution in [0.3, 0.4) is 0 Å². The second kappa shape index (κ2) is 3.83. The maximum atomic E-state index is 4.19. The second-order valence-corrected chi connectivity index (χ2v) is 2.94. The molecule has 2 heteroatoms. The van der Waals surface area contributed by atoms with Gasteiger partial charge in [-0.05, 0) is 5.56 Å². The Hall–Kier alpha value is -1.96. The molecule has 68 valence electrons. The molecule has 0 bridgehead atoms. The van der Waals surface area contributed by atoms with Crippen LogP contribution in [0.15, 0.2) is 55.5 Å². The summed E-state index contributed by atoms with van der Waals surface area (Å²) < 4.78 is 0. The number of hydrogen-bond acceptors (Lipinski definition) is 2. The molecule has 0 atom stereocenters. The van der Waals surface area contributed by atoms with Gasteiger partial charge in [-0.2, -0.15) is 0 Å². The SMILES string of the molecule is C=C(c1ccccc1)c1cnccn1. The molecule has 14 heavy (non-hydrogen) atoms. The zero-order valence-corrected chi connectivity index (χ0v) is 7.72. The molecular weight excluding hydrogens is 172 g/mol. The molecule has 0 N–H and O–H groups in total. The van der Waals surface area contributed by atoms with E-state index in [0.29, 0.717) is 0 Å². The molecule has 0 aliphatic carbocycles. The zero-order valence-electron chi connectivity index (χ0n) is 7.72. The molecule has 1 aromatic heterocycles. The molecule has 0 aliphatic rings. The monoisotopic (exact) mass is 182 g/mol. The van der Waals surface area contributed by atoms with E-state index in [9.17, 15) is 0 Å². The molecule has 1 heterocycles. The maximum Gasteiger partial charge on any atom is 0.0885 e. The van der Waals surface area contributed by atoms with Crippen molar-refractivity contribution >= 4 is 5.57 Å². The minimum Gasteiger partial charge on any atom is -0.261 e. The van der Waals surface area contributed by atoms with Gasteiger partial charge < -0.3 is 0 Å². The van der Waals surface area contributed by atoms with Crippen molar-refractivity contribution < 1.29 is 0 Å². The zero-order chi connectivity index (χ0) is 9.80. The molecule has 1 aromatic carbocycles. The van der Waals surface area contributed by atoms with Gasteiger partial charge >= 0.3 is 0 Å². The van der Waals surface area contributed by atoms with Gasteiger partial charge in [0, 0.05) is 18.0 Å².